The zero-order valence-electron chi connectivity index (χ0n) is 13.7. The molecule has 0 radical (unpaired) electrons. The minimum atomic E-state index is -0.0905. The van der Waals surface area contributed by atoms with E-state index >= 15 is 0 Å². The number of carbonyl (C=O) groups excluding carboxylic acids is 2. The molecule has 0 N–H and O–H groups in total. The van der Waals surface area contributed by atoms with E-state index in [2.05, 4.69) is 24.3 Å². The summed E-state index contributed by atoms with van der Waals surface area (Å²) in [4.78, 5) is 27.8. The molecule has 2 amide bonds. The summed E-state index contributed by atoms with van der Waals surface area (Å²) in [6, 6.07) is 6.24. The van der Waals surface area contributed by atoms with Gasteiger partial charge in [0.15, 0.2) is 0 Å². The Balaban J connectivity index is 1.41. The lowest BCUT2D eigenvalue weighted by atomic mass is 9.63. The van der Waals surface area contributed by atoms with Crippen LogP contribution >= 0.6 is 0 Å². The standard InChI is InChI=1S/C21H21NO2/c23-20-18-14-7-8-15(17-10-16(14)17)19(18)21(24)22(20)13-6-5-11-3-1-2-4-12(11)9-13/h5-9,14-19H,1-4,10H2/t14-,15-,16-,17+,18-,19+/m1/s1. The van der Waals surface area contributed by atoms with Crippen molar-refractivity contribution in [2.24, 2.45) is 35.5 Å². The van der Waals surface area contributed by atoms with Gasteiger partial charge in [-0.1, -0.05) is 18.2 Å². The van der Waals surface area contributed by atoms with Crippen molar-refractivity contribution in [2.45, 2.75) is 32.1 Å². The van der Waals surface area contributed by atoms with Gasteiger partial charge in [-0.2, -0.15) is 0 Å². The molecule has 1 aromatic rings. The normalized spacial score (nSPS) is 41.2. The van der Waals surface area contributed by atoms with Gasteiger partial charge in [-0.3, -0.25) is 14.5 Å². The Morgan fingerprint density at radius 3 is 2.12 bits per heavy atom. The third-order valence-corrected chi connectivity index (χ3v) is 7.25. The van der Waals surface area contributed by atoms with Crippen molar-refractivity contribution < 1.29 is 9.59 Å². The summed E-state index contributed by atoms with van der Waals surface area (Å²) in [7, 11) is 0. The fourth-order valence-corrected chi connectivity index (χ4v) is 6.07. The van der Waals surface area contributed by atoms with Crippen LogP contribution in [0.5, 0.6) is 0 Å². The topological polar surface area (TPSA) is 37.4 Å². The van der Waals surface area contributed by atoms with Gasteiger partial charge in [0.2, 0.25) is 11.8 Å². The largest absolute Gasteiger partial charge is 0.274 e. The van der Waals surface area contributed by atoms with Crippen LogP contribution in [-0.2, 0) is 22.4 Å². The Labute approximate surface area is 141 Å². The molecule has 1 aliphatic heterocycles. The second-order valence-electron chi connectivity index (χ2n) is 8.33. The molecule has 5 aliphatic carbocycles. The van der Waals surface area contributed by atoms with Gasteiger partial charge in [-0.25, -0.2) is 0 Å². The first-order valence-corrected chi connectivity index (χ1v) is 9.42. The average Bonchev–Trinajstić information content (AvgIpc) is 3.39. The average molecular weight is 319 g/mol. The third-order valence-electron chi connectivity index (χ3n) is 7.25. The molecule has 2 bridgehead atoms. The van der Waals surface area contributed by atoms with E-state index in [0.717, 1.165) is 18.5 Å². The van der Waals surface area contributed by atoms with Gasteiger partial charge in [-0.05, 0) is 79.0 Å². The lowest BCUT2D eigenvalue weighted by Gasteiger charge is -2.37. The van der Waals surface area contributed by atoms with Gasteiger partial charge in [0, 0.05) is 0 Å². The molecule has 3 heteroatoms. The highest BCUT2D eigenvalue weighted by atomic mass is 16.2. The predicted octanol–water partition coefficient (Wildman–Crippen LogP) is 3.12. The number of imide groups is 1. The number of carbonyl (C=O) groups is 2. The quantitative estimate of drug-likeness (QED) is 0.589. The van der Waals surface area contributed by atoms with E-state index in [4.69, 9.17) is 0 Å². The van der Waals surface area contributed by atoms with Crippen molar-refractivity contribution in [2.75, 3.05) is 4.90 Å². The van der Waals surface area contributed by atoms with Crippen LogP contribution in [0.2, 0.25) is 0 Å². The molecular formula is C21H21NO2. The number of hydrogen-bond acceptors (Lipinski definition) is 2. The predicted molar refractivity (Wildman–Crippen MR) is 90.3 cm³/mol. The summed E-state index contributed by atoms with van der Waals surface area (Å²) >= 11 is 0. The molecule has 6 atom stereocenters. The zero-order chi connectivity index (χ0) is 16.0. The van der Waals surface area contributed by atoms with Gasteiger partial charge < -0.3 is 0 Å². The minimum Gasteiger partial charge on any atom is -0.274 e. The van der Waals surface area contributed by atoms with Crippen LogP contribution in [0.25, 0.3) is 0 Å². The maximum absolute atomic E-state index is 13.1. The van der Waals surface area contributed by atoms with Gasteiger partial charge in [-0.15, -0.1) is 0 Å². The molecule has 0 spiro atoms. The first-order chi connectivity index (χ1) is 11.7. The second-order valence-corrected chi connectivity index (χ2v) is 8.33. The number of rotatable bonds is 1. The molecule has 122 valence electrons. The second kappa shape index (κ2) is 4.38. The fourth-order valence-electron chi connectivity index (χ4n) is 6.07. The molecule has 3 fully saturated rings. The summed E-state index contributed by atoms with van der Waals surface area (Å²) < 4.78 is 0. The van der Waals surface area contributed by atoms with E-state index < -0.39 is 0 Å². The number of hydrogen-bond donors (Lipinski definition) is 0. The maximum Gasteiger partial charge on any atom is 0.238 e. The van der Waals surface area contributed by atoms with Crippen molar-refractivity contribution >= 4 is 17.5 Å². The van der Waals surface area contributed by atoms with Crippen molar-refractivity contribution in [1.82, 2.24) is 0 Å². The van der Waals surface area contributed by atoms with Gasteiger partial charge in [0.05, 0.1) is 17.5 Å². The van der Waals surface area contributed by atoms with Gasteiger partial charge in [0.1, 0.15) is 0 Å². The summed E-state index contributed by atoms with van der Waals surface area (Å²) in [6.07, 6.45) is 10.3. The summed E-state index contributed by atoms with van der Waals surface area (Å²) in [6.45, 7) is 0. The first-order valence-electron chi connectivity index (χ1n) is 9.42. The molecule has 2 saturated carbocycles. The number of benzene rings is 1. The molecule has 24 heavy (non-hydrogen) atoms. The number of allylic oxidation sites excluding steroid dienone is 2. The Bertz CT molecular complexity index is 774. The molecule has 0 aromatic heterocycles. The maximum atomic E-state index is 13.1. The smallest absolute Gasteiger partial charge is 0.238 e. The number of anilines is 1. The molecule has 3 nitrogen and oxygen atoms in total. The number of fused-ring (bicyclic) bond motifs is 1. The number of nitrogens with zero attached hydrogens (tertiary/aromatic N) is 1. The van der Waals surface area contributed by atoms with Crippen molar-refractivity contribution in [3.63, 3.8) is 0 Å². The lowest BCUT2D eigenvalue weighted by molar-refractivity contribution is -0.124. The first kappa shape index (κ1) is 13.4. The van der Waals surface area contributed by atoms with E-state index in [-0.39, 0.29) is 23.7 Å². The number of amides is 2. The number of aryl methyl sites for hydroxylation is 2. The Kier molecular flexibility index (Phi) is 2.45. The highest BCUT2D eigenvalue weighted by molar-refractivity contribution is 6.22. The van der Waals surface area contributed by atoms with Crippen LogP contribution < -0.4 is 4.90 Å². The summed E-state index contributed by atoms with van der Waals surface area (Å²) in [5.74, 6) is 1.90. The van der Waals surface area contributed by atoms with Crippen molar-refractivity contribution in [3.05, 3.63) is 41.5 Å². The monoisotopic (exact) mass is 319 g/mol. The molecular weight excluding hydrogens is 298 g/mol. The van der Waals surface area contributed by atoms with E-state index in [9.17, 15) is 9.59 Å². The molecule has 1 aromatic carbocycles. The van der Waals surface area contributed by atoms with E-state index in [1.54, 1.807) is 0 Å². The molecule has 1 heterocycles. The fraction of sp³-hybridized carbons (Fsp3) is 0.524. The highest BCUT2D eigenvalue weighted by Gasteiger charge is 2.67. The van der Waals surface area contributed by atoms with Crippen LogP contribution in [0.4, 0.5) is 5.69 Å². The van der Waals surface area contributed by atoms with Crippen molar-refractivity contribution in [1.29, 1.82) is 0 Å². The van der Waals surface area contributed by atoms with E-state index in [1.807, 2.05) is 6.07 Å². The minimum absolute atomic E-state index is 0.0606. The van der Waals surface area contributed by atoms with Gasteiger partial charge in [0.25, 0.3) is 0 Å². The Morgan fingerprint density at radius 1 is 0.833 bits per heavy atom. The molecule has 7 rings (SSSR count). The van der Waals surface area contributed by atoms with E-state index in [1.165, 1.54) is 35.3 Å². The van der Waals surface area contributed by atoms with Crippen molar-refractivity contribution in [3.8, 4) is 0 Å². The Hall–Kier alpha value is -1.90. The lowest BCUT2D eigenvalue weighted by Crippen LogP contribution is -2.40. The molecule has 0 unspecified atom stereocenters. The van der Waals surface area contributed by atoms with Crippen LogP contribution in [0.3, 0.4) is 0 Å². The highest BCUT2D eigenvalue weighted by Crippen LogP contribution is 2.65. The molecule has 6 aliphatic rings. The molecule has 1 saturated heterocycles. The van der Waals surface area contributed by atoms with Crippen LogP contribution in [0, 0.1) is 35.5 Å². The Morgan fingerprint density at radius 2 is 1.46 bits per heavy atom. The summed E-state index contributed by atoms with van der Waals surface area (Å²) in [5, 5.41) is 0. The van der Waals surface area contributed by atoms with E-state index in [0.29, 0.717) is 23.7 Å². The van der Waals surface area contributed by atoms with Gasteiger partial charge >= 0.3 is 0 Å². The van der Waals surface area contributed by atoms with Crippen LogP contribution in [-0.4, -0.2) is 11.8 Å². The zero-order valence-corrected chi connectivity index (χ0v) is 13.7. The van der Waals surface area contributed by atoms with Crippen LogP contribution in [0.1, 0.15) is 30.4 Å². The summed E-state index contributed by atoms with van der Waals surface area (Å²) in [5.41, 5.74) is 3.54. The third kappa shape index (κ3) is 1.54. The SMILES string of the molecule is O=C1[C@@H]2[C@@H]3C=C[C@H]([C@@H]4C[C@H]34)[C@@H]2C(=O)N1c1ccc2c(c1)CCCC2. The van der Waals surface area contributed by atoms with Crippen LogP contribution in [0.15, 0.2) is 30.4 Å².